The van der Waals surface area contributed by atoms with Gasteiger partial charge in [0.05, 0.1) is 0 Å². The molecule has 2 aromatic rings. The molecule has 0 saturated carbocycles. The zero-order valence-corrected chi connectivity index (χ0v) is 12.8. The van der Waals surface area contributed by atoms with E-state index in [4.69, 9.17) is 0 Å². The van der Waals surface area contributed by atoms with Crippen LogP contribution in [-0.2, 0) is 10.8 Å². The Morgan fingerprint density at radius 3 is 1.95 bits per heavy atom. The number of phenols is 1. The molecule has 0 amide bonds. The van der Waals surface area contributed by atoms with Crippen molar-refractivity contribution in [2.75, 3.05) is 0 Å². The van der Waals surface area contributed by atoms with Gasteiger partial charge in [-0.2, -0.15) is 0 Å². The van der Waals surface area contributed by atoms with Crippen molar-refractivity contribution < 1.29 is 5.11 Å². The first kappa shape index (κ1) is 13.9. The van der Waals surface area contributed by atoms with Gasteiger partial charge in [0, 0.05) is 5.39 Å². The molecule has 0 bridgehead atoms. The minimum Gasteiger partial charge on any atom is -0.507 e. The van der Waals surface area contributed by atoms with Crippen molar-refractivity contribution in [2.24, 2.45) is 0 Å². The van der Waals surface area contributed by atoms with Crippen molar-refractivity contribution in [1.29, 1.82) is 0 Å². The van der Waals surface area contributed by atoms with E-state index in [-0.39, 0.29) is 10.8 Å². The van der Waals surface area contributed by atoms with Crippen LogP contribution in [0.2, 0.25) is 0 Å². The zero-order chi connectivity index (χ0) is 14.4. The highest BCUT2D eigenvalue weighted by molar-refractivity contribution is 5.90. The Balaban J connectivity index is 2.67. The molecule has 0 heterocycles. The Morgan fingerprint density at radius 1 is 0.789 bits per heavy atom. The number of rotatable bonds is 0. The minimum absolute atomic E-state index is 0.0407. The van der Waals surface area contributed by atoms with Crippen LogP contribution < -0.4 is 0 Å². The monoisotopic (exact) mass is 256 g/mol. The number of hydrogen-bond acceptors (Lipinski definition) is 1. The van der Waals surface area contributed by atoms with E-state index in [1.165, 1.54) is 5.56 Å². The average molecular weight is 256 g/mol. The molecule has 0 fully saturated rings. The van der Waals surface area contributed by atoms with Gasteiger partial charge in [-0.3, -0.25) is 0 Å². The normalized spacial score (nSPS) is 12.9. The summed E-state index contributed by atoms with van der Waals surface area (Å²) < 4.78 is 0. The maximum Gasteiger partial charge on any atom is 0.127 e. The molecule has 1 N–H and O–H groups in total. The van der Waals surface area contributed by atoms with E-state index in [0.717, 1.165) is 16.3 Å². The first-order valence-corrected chi connectivity index (χ1v) is 6.87. The second-order valence-corrected chi connectivity index (χ2v) is 7.40. The third kappa shape index (κ3) is 2.60. The molecule has 0 aliphatic heterocycles. The highest BCUT2D eigenvalue weighted by Crippen LogP contribution is 2.37. The van der Waals surface area contributed by atoms with Crippen molar-refractivity contribution in [1.82, 2.24) is 0 Å². The third-order valence-corrected chi connectivity index (χ3v) is 3.67. The minimum atomic E-state index is -0.0407. The van der Waals surface area contributed by atoms with Gasteiger partial charge < -0.3 is 5.11 Å². The predicted octanol–water partition coefficient (Wildman–Crippen LogP) is 5.14. The molecule has 0 saturated heterocycles. The third-order valence-electron chi connectivity index (χ3n) is 3.67. The molecule has 0 aromatic heterocycles. The molecule has 0 aliphatic rings. The average Bonchev–Trinajstić information content (AvgIpc) is 2.26. The van der Waals surface area contributed by atoms with Crippen LogP contribution in [0.4, 0.5) is 0 Å². The number of aromatic hydroxyl groups is 1. The summed E-state index contributed by atoms with van der Waals surface area (Å²) in [5, 5.41) is 12.5. The standard InChI is InChI=1S/C18H24O/c1-17(2,3)13-8-9-14-12(11-13)7-10-15(16(14)19)18(4,5)6/h7-11,19H,1-6H3. The Hall–Kier alpha value is -1.50. The molecular formula is C18H24O. The Bertz CT molecular complexity index is 610. The summed E-state index contributed by atoms with van der Waals surface area (Å²) in [4.78, 5) is 0. The van der Waals surface area contributed by atoms with Crippen LogP contribution in [0.25, 0.3) is 10.8 Å². The molecule has 2 aromatic carbocycles. The largest absolute Gasteiger partial charge is 0.507 e. The highest BCUT2D eigenvalue weighted by atomic mass is 16.3. The molecule has 0 spiro atoms. The predicted molar refractivity (Wildman–Crippen MR) is 83.0 cm³/mol. The van der Waals surface area contributed by atoms with Crippen molar-refractivity contribution in [3.63, 3.8) is 0 Å². The highest BCUT2D eigenvalue weighted by Gasteiger charge is 2.20. The summed E-state index contributed by atoms with van der Waals surface area (Å²) in [6, 6.07) is 10.5. The van der Waals surface area contributed by atoms with Gasteiger partial charge in [-0.15, -0.1) is 0 Å². The summed E-state index contributed by atoms with van der Waals surface area (Å²) in [5.41, 5.74) is 2.39. The molecule has 0 radical (unpaired) electrons. The smallest absolute Gasteiger partial charge is 0.127 e. The van der Waals surface area contributed by atoms with Crippen LogP contribution in [0.3, 0.4) is 0 Å². The van der Waals surface area contributed by atoms with Gasteiger partial charge in [-0.25, -0.2) is 0 Å². The molecule has 19 heavy (non-hydrogen) atoms. The topological polar surface area (TPSA) is 20.2 Å². The van der Waals surface area contributed by atoms with Gasteiger partial charge in [0.25, 0.3) is 0 Å². The Kier molecular flexibility index (Phi) is 3.12. The summed E-state index contributed by atoms with van der Waals surface area (Å²) in [6.45, 7) is 13.0. The molecule has 1 heteroatoms. The van der Waals surface area contributed by atoms with Gasteiger partial charge >= 0.3 is 0 Å². The number of fused-ring (bicyclic) bond motifs is 1. The molecule has 0 atom stereocenters. The molecule has 2 rings (SSSR count). The van der Waals surface area contributed by atoms with E-state index >= 15 is 0 Å². The lowest BCUT2D eigenvalue weighted by molar-refractivity contribution is 0.452. The van der Waals surface area contributed by atoms with Crippen LogP contribution >= 0.6 is 0 Å². The number of phenolic OH excluding ortho intramolecular Hbond substituents is 1. The Labute approximate surface area is 116 Å². The first-order chi connectivity index (χ1) is 8.60. The van der Waals surface area contributed by atoms with Crippen LogP contribution in [0.5, 0.6) is 5.75 Å². The zero-order valence-electron chi connectivity index (χ0n) is 12.8. The van der Waals surface area contributed by atoms with Gasteiger partial charge in [0.2, 0.25) is 0 Å². The van der Waals surface area contributed by atoms with E-state index in [1.807, 2.05) is 12.1 Å². The SMILES string of the molecule is CC(C)(C)c1ccc2c(O)c(C(C)(C)C)ccc2c1. The first-order valence-electron chi connectivity index (χ1n) is 6.87. The van der Waals surface area contributed by atoms with Crippen LogP contribution in [0, 0.1) is 0 Å². The lowest BCUT2D eigenvalue weighted by Gasteiger charge is -2.23. The van der Waals surface area contributed by atoms with Crippen molar-refractivity contribution in [3.8, 4) is 5.75 Å². The lowest BCUT2D eigenvalue weighted by atomic mass is 9.83. The van der Waals surface area contributed by atoms with Gasteiger partial charge in [0.1, 0.15) is 5.75 Å². The van der Waals surface area contributed by atoms with E-state index in [1.54, 1.807) is 0 Å². The lowest BCUT2D eigenvalue weighted by Crippen LogP contribution is -2.12. The van der Waals surface area contributed by atoms with Crippen LogP contribution in [0.15, 0.2) is 30.3 Å². The van der Waals surface area contributed by atoms with E-state index in [9.17, 15) is 5.11 Å². The fraction of sp³-hybridized carbons (Fsp3) is 0.444. The second kappa shape index (κ2) is 4.26. The van der Waals surface area contributed by atoms with E-state index in [0.29, 0.717) is 5.75 Å². The van der Waals surface area contributed by atoms with E-state index in [2.05, 4.69) is 59.7 Å². The Morgan fingerprint density at radius 2 is 1.42 bits per heavy atom. The maximum atomic E-state index is 10.5. The van der Waals surface area contributed by atoms with Gasteiger partial charge in [-0.1, -0.05) is 71.9 Å². The van der Waals surface area contributed by atoms with Crippen LogP contribution in [-0.4, -0.2) is 5.11 Å². The van der Waals surface area contributed by atoms with Gasteiger partial charge in [0.15, 0.2) is 0 Å². The molecule has 1 nitrogen and oxygen atoms in total. The molecular weight excluding hydrogens is 232 g/mol. The fourth-order valence-electron chi connectivity index (χ4n) is 2.39. The number of benzene rings is 2. The maximum absolute atomic E-state index is 10.5. The molecule has 0 unspecified atom stereocenters. The summed E-state index contributed by atoms with van der Waals surface area (Å²) in [6.07, 6.45) is 0. The quantitative estimate of drug-likeness (QED) is 0.692. The summed E-state index contributed by atoms with van der Waals surface area (Å²) >= 11 is 0. The van der Waals surface area contributed by atoms with Crippen molar-refractivity contribution in [3.05, 3.63) is 41.5 Å². The molecule has 102 valence electrons. The summed E-state index contributed by atoms with van der Waals surface area (Å²) in [5.74, 6) is 0.422. The second-order valence-electron chi connectivity index (χ2n) is 7.40. The van der Waals surface area contributed by atoms with E-state index < -0.39 is 0 Å². The fourth-order valence-corrected chi connectivity index (χ4v) is 2.39. The van der Waals surface area contributed by atoms with Crippen molar-refractivity contribution >= 4 is 10.8 Å². The number of hydrogen-bond donors (Lipinski definition) is 1. The van der Waals surface area contributed by atoms with Gasteiger partial charge in [-0.05, 0) is 27.3 Å². The molecule has 0 aliphatic carbocycles. The van der Waals surface area contributed by atoms with Crippen molar-refractivity contribution in [2.45, 2.75) is 52.4 Å². The summed E-state index contributed by atoms with van der Waals surface area (Å²) in [7, 11) is 0. The van der Waals surface area contributed by atoms with Crippen LogP contribution in [0.1, 0.15) is 52.7 Å².